The van der Waals surface area contributed by atoms with Crippen LogP contribution in [0.1, 0.15) is 22.8 Å². The summed E-state index contributed by atoms with van der Waals surface area (Å²) in [5.41, 5.74) is 1.19. The molecular formula is C16H14N2O2S2. The van der Waals surface area contributed by atoms with Crippen LogP contribution in [-0.4, -0.2) is 16.9 Å². The largest absolute Gasteiger partial charge is 0.493 e. The van der Waals surface area contributed by atoms with Crippen molar-refractivity contribution in [3.63, 3.8) is 0 Å². The van der Waals surface area contributed by atoms with Gasteiger partial charge >= 0.3 is 4.87 Å². The molecule has 1 aromatic carbocycles. The molecule has 4 nitrogen and oxygen atoms in total. The second-order valence-corrected chi connectivity index (χ2v) is 7.50. The first kappa shape index (κ1) is 13.9. The molecule has 22 heavy (non-hydrogen) atoms. The molecule has 2 aliphatic heterocycles. The Hall–Kier alpha value is -1.71. The van der Waals surface area contributed by atoms with Crippen LogP contribution in [0.15, 0.2) is 34.1 Å². The quantitative estimate of drug-likeness (QED) is 0.849. The molecule has 0 amide bonds. The summed E-state index contributed by atoms with van der Waals surface area (Å²) in [4.78, 5) is 13.5. The van der Waals surface area contributed by atoms with E-state index in [1.165, 1.54) is 16.9 Å². The van der Waals surface area contributed by atoms with Gasteiger partial charge in [-0.25, -0.2) is 0 Å². The van der Waals surface area contributed by atoms with Crippen molar-refractivity contribution < 1.29 is 4.74 Å². The van der Waals surface area contributed by atoms with E-state index in [9.17, 15) is 4.79 Å². The summed E-state index contributed by atoms with van der Waals surface area (Å²) in [6.45, 7) is 1.20. The zero-order chi connectivity index (χ0) is 15.1. The van der Waals surface area contributed by atoms with E-state index in [-0.39, 0.29) is 10.8 Å². The summed E-state index contributed by atoms with van der Waals surface area (Å²) in [7, 11) is 0. The number of para-hydroxylation sites is 1. The molecule has 6 heteroatoms. The molecule has 2 aromatic rings. The predicted octanol–water partition coefficient (Wildman–Crippen LogP) is 3.07. The van der Waals surface area contributed by atoms with Gasteiger partial charge in [-0.15, -0.1) is 11.8 Å². The van der Waals surface area contributed by atoms with Crippen LogP contribution >= 0.6 is 23.1 Å². The van der Waals surface area contributed by atoms with Crippen LogP contribution in [0.2, 0.25) is 0 Å². The summed E-state index contributed by atoms with van der Waals surface area (Å²) in [5.74, 6) is 2.55. The Morgan fingerprint density at radius 2 is 2.27 bits per heavy atom. The van der Waals surface area contributed by atoms with Crippen molar-refractivity contribution >= 4 is 23.1 Å². The molecule has 1 aromatic heterocycles. The second-order valence-electron chi connectivity index (χ2n) is 5.49. The SMILES string of the molecule is N#CCCn1c2c(sc1=O)[C@H]1c3ccccc3OC[C@@H]1CS2. The standard InChI is InChI=1S/C16H14N2O2S2/c17-6-3-7-18-15-14(22-16(18)19)13-10(9-21-15)8-20-12-5-2-1-4-11(12)13/h1-2,4-5,10,13H,3,7-9H2/t10-,13-/m1/s1. The first-order chi connectivity index (χ1) is 10.8. The molecule has 4 rings (SSSR count). The van der Waals surface area contributed by atoms with Crippen LogP contribution in [0.4, 0.5) is 0 Å². The van der Waals surface area contributed by atoms with Crippen molar-refractivity contribution in [1.82, 2.24) is 4.57 Å². The van der Waals surface area contributed by atoms with E-state index in [0.717, 1.165) is 21.4 Å². The first-order valence-corrected chi connectivity index (χ1v) is 9.05. The van der Waals surface area contributed by atoms with E-state index in [1.54, 1.807) is 16.3 Å². The topological polar surface area (TPSA) is 55.0 Å². The van der Waals surface area contributed by atoms with Gasteiger partial charge in [-0.3, -0.25) is 9.36 Å². The molecule has 3 heterocycles. The smallest absolute Gasteiger partial charge is 0.308 e. The van der Waals surface area contributed by atoms with Crippen LogP contribution in [0.3, 0.4) is 0 Å². The van der Waals surface area contributed by atoms with E-state index in [4.69, 9.17) is 10.00 Å². The van der Waals surface area contributed by atoms with E-state index in [2.05, 4.69) is 12.1 Å². The van der Waals surface area contributed by atoms with Gasteiger partial charge in [-0.2, -0.15) is 5.26 Å². The predicted molar refractivity (Wildman–Crippen MR) is 86.8 cm³/mol. The molecule has 0 bridgehead atoms. The molecule has 0 saturated carbocycles. The van der Waals surface area contributed by atoms with Gasteiger partial charge < -0.3 is 4.74 Å². The number of hydrogen-bond acceptors (Lipinski definition) is 5. The molecule has 2 aliphatic rings. The number of nitriles is 1. The number of nitrogens with zero attached hydrogens (tertiary/aromatic N) is 2. The summed E-state index contributed by atoms with van der Waals surface area (Å²) in [6.07, 6.45) is 0.372. The number of aromatic nitrogens is 1. The van der Waals surface area contributed by atoms with E-state index in [1.807, 2.05) is 18.2 Å². The van der Waals surface area contributed by atoms with E-state index < -0.39 is 0 Å². The summed E-state index contributed by atoms with van der Waals surface area (Å²) in [6, 6.07) is 10.3. The number of fused-ring (bicyclic) bond motifs is 5. The summed E-state index contributed by atoms with van der Waals surface area (Å²) in [5, 5.41) is 9.85. The van der Waals surface area contributed by atoms with Crippen molar-refractivity contribution in [3.8, 4) is 11.8 Å². The fourth-order valence-corrected chi connectivity index (χ4v) is 5.95. The third-order valence-corrected chi connectivity index (χ3v) is 6.72. The highest BCUT2D eigenvalue weighted by atomic mass is 32.2. The minimum atomic E-state index is 0.0531. The first-order valence-electron chi connectivity index (χ1n) is 7.24. The van der Waals surface area contributed by atoms with Gasteiger partial charge in [0.2, 0.25) is 0 Å². The third kappa shape index (κ3) is 2.08. The van der Waals surface area contributed by atoms with Crippen molar-refractivity contribution in [3.05, 3.63) is 44.4 Å². The number of thioether (sulfide) groups is 1. The Balaban J connectivity index is 1.84. The van der Waals surface area contributed by atoms with Crippen LogP contribution in [0, 0.1) is 17.2 Å². The average Bonchev–Trinajstić information content (AvgIpc) is 2.88. The zero-order valence-electron chi connectivity index (χ0n) is 11.8. The number of benzene rings is 1. The lowest BCUT2D eigenvalue weighted by atomic mass is 9.84. The Labute approximate surface area is 136 Å². The lowest BCUT2D eigenvalue weighted by Gasteiger charge is -2.36. The van der Waals surface area contributed by atoms with Gasteiger partial charge in [-0.05, 0) is 6.07 Å². The van der Waals surface area contributed by atoms with Crippen molar-refractivity contribution in [2.45, 2.75) is 23.9 Å². The fourth-order valence-electron chi connectivity index (χ4n) is 3.21. The maximum absolute atomic E-state index is 12.3. The minimum absolute atomic E-state index is 0.0531. The van der Waals surface area contributed by atoms with Gasteiger partial charge in [0.15, 0.2) is 0 Å². The average molecular weight is 330 g/mol. The van der Waals surface area contributed by atoms with Gasteiger partial charge in [0.25, 0.3) is 0 Å². The van der Waals surface area contributed by atoms with Gasteiger partial charge in [-0.1, -0.05) is 29.5 Å². The monoisotopic (exact) mass is 330 g/mol. The third-order valence-electron chi connectivity index (χ3n) is 4.22. The molecule has 0 unspecified atom stereocenters. The van der Waals surface area contributed by atoms with Crippen LogP contribution in [-0.2, 0) is 6.54 Å². The van der Waals surface area contributed by atoms with E-state index >= 15 is 0 Å². The lowest BCUT2D eigenvalue weighted by molar-refractivity contribution is 0.219. The Morgan fingerprint density at radius 1 is 1.41 bits per heavy atom. The second kappa shape index (κ2) is 5.49. The molecule has 0 saturated heterocycles. The Bertz CT molecular complexity index is 818. The van der Waals surface area contributed by atoms with Crippen molar-refractivity contribution in [2.24, 2.45) is 5.92 Å². The number of ether oxygens (including phenoxy) is 1. The highest BCUT2D eigenvalue weighted by molar-refractivity contribution is 7.99. The molecule has 0 aliphatic carbocycles. The normalized spacial score (nSPS) is 22.0. The van der Waals surface area contributed by atoms with Crippen LogP contribution in [0.5, 0.6) is 5.75 Å². The summed E-state index contributed by atoms with van der Waals surface area (Å²) < 4.78 is 7.65. The molecule has 0 radical (unpaired) electrons. The molecule has 112 valence electrons. The van der Waals surface area contributed by atoms with Gasteiger partial charge in [0.05, 0.1) is 24.1 Å². The van der Waals surface area contributed by atoms with Gasteiger partial charge in [0, 0.05) is 34.6 Å². The van der Waals surface area contributed by atoms with Crippen molar-refractivity contribution in [2.75, 3.05) is 12.4 Å². The van der Waals surface area contributed by atoms with Gasteiger partial charge in [0.1, 0.15) is 5.75 Å². The fraction of sp³-hybridized carbons (Fsp3) is 0.375. The number of rotatable bonds is 2. The van der Waals surface area contributed by atoms with E-state index in [0.29, 0.717) is 25.5 Å². The maximum atomic E-state index is 12.3. The molecule has 2 atom stereocenters. The Kier molecular flexibility index (Phi) is 3.47. The lowest BCUT2D eigenvalue weighted by Crippen LogP contribution is -2.31. The Morgan fingerprint density at radius 3 is 3.14 bits per heavy atom. The number of hydrogen-bond donors (Lipinski definition) is 0. The van der Waals surface area contributed by atoms with Crippen molar-refractivity contribution in [1.29, 1.82) is 5.26 Å². The maximum Gasteiger partial charge on any atom is 0.308 e. The minimum Gasteiger partial charge on any atom is -0.493 e. The summed E-state index contributed by atoms with van der Waals surface area (Å²) >= 11 is 3.07. The molecule has 0 spiro atoms. The molecule has 0 N–H and O–H groups in total. The number of thiazole rings is 1. The van der Waals surface area contributed by atoms with Crippen LogP contribution < -0.4 is 9.61 Å². The van der Waals surface area contributed by atoms with Crippen LogP contribution in [0.25, 0.3) is 0 Å². The zero-order valence-corrected chi connectivity index (χ0v) is 13.5. The highest BCUT2D eigenvalue weighted by Crippen LogP contribution is 2.50. The molecular weight excluding hydrogens is 316 g/mol. The highest BCUT2D eigenvalue weighted by Gasteiger charge is 2.39. The molecule has 0 fully saturated rings.